The Kier molecular flexibility index (Phi) is 5.57. The number of pyridine rings is 1. The lowest BCUT2D eigenvalue weighted by molar-refractivity contribution is 0.0691. The molecule has 1 fully saturated rings. The first-order chi connectivity index (χ1) is 14.1. The van der Waals surface area contributed by atoms with E-state index in [9.17, 15) is 9.90 Å². The Hall–Kier alpha value is -2.81. The van der Waals surface area contributed by atoms with Gasteiger partial charge in [-0.2, -0.15) is 0 Å². The molecular formula is C20H19ClN4O4. The number of carboxylic acids is 1. The van der Waals surface area contributed by atoms with Gasteiger partial charge in [-0.3, -0.25) is 0 Å². The minimum Gasteiger partial charge on any atom is -0.477 e. The van der Waals surface area contributed by atoms with Gasteiger partial charge < -0.3 is 19.5 Å². The monoisotopic (exact) mass is 414 g/mol. The van der Waals surface area contributed by atoms with Crippen LogP contribution in [0, 0.1) is 0 Å². The molecule has 29 heavy (non-hydrogen) atoms. The zero-order valence-corrected chi connectivity index (χ0v) is 16.5. The second kappa shape index (κ2) is 8.28. The standard InChI is InChI=1S/C20H19ClN4O4/c1-28-11-12-3-2-4-13(9-12)16-18-17(14(21)10-15(22-18)19(26)27)24-20(23-16)25-5-7-29-8-6-25/h2-4,9-10H,5-8,11H2,1H3,(H,26,27). The van der Waals surface area contributed by atoms with E-state index in [-0.39, 0.29) is 10.7 Å². The summed E-state index contributed by atoms with van der Waals surface area (Å²) in [4.78, 5) is 27.1. The van der Waals surface area contributed by atoms with Crippen molar-refractivity contribution in [1.29, 1.82) is 0 Å². The normalized spacial score (nSPS) is 14.3. The predicted octanol–water partition coefficient (Wildman–Crippen LogP) is 3.03. The van der Waals surface area contributed by atoms with Crippen LogP contribution in [0.1, 0.15) is 16.1 Å². The maximum Gasteiger partial charge on any atom is 0.354 e. The fourth-order valence-corrected chi connectivity index (χ4v) is 3.48. The van der Waals surface area contributed by atoms with Crippen LogP contribution in [0.25, 0.3) is 22.3 Å². The third-order valence-electron chi connectivity index (χ3n) is 4.62. The number of carbonyl (C=O) groups is 1. The number of ether oxygens (including phenoxy) is 2. The second-order valence-corrected chi connectivity index (χ2v) is 7.00. The SMILES string of the molecule is COCc1cccc(-c2nc(N3CCOCC3)nc3c(Cl)cc(C(=O)O)nc23)c1. The van der Waals surface area contributed by atoms with Crippen LogP contribution >= 0.6 is 11.6 Å². The summed E-state index contributed by atoms with van der Waals surface area (Å²) in [6.07, 6.45) is 0. The van der Waals surface area contributed by atoms with Gasteiger partial charge in [0.1, 0.15) is 16.7 Å². The lowest BCUT2D eigenvalue weighted by Gasteiger charge is -2.27. The van der Waals surface area contributed by atoms with E-state index in [2.05, 4.69) is 9.97 Å². The van der Waals surface area contributed by atoms with E-state index >= 15 is 0 Å². The fraction of sp³-hybridized carbons (Fsp3) is 0.300. The predicted molar refractivity (Wildman–Crippen MR) is 108 cm³/mol. The van der Waals surface area contributed by atoms with E-state index in [0.717, 1.165) is 11.1 Å². The van der Waals surface area contributed by atoms with Gasteiger partial charge >= 0.3 is 5.97 Å². The number of rotatable bonds is 5. The molecule has 0 atom stereocenters. The largest absolute Gasteiger partial charge is 0.477 e. The molecule has 1 saturated heterocycles. The molecule has 1 N–H and O–H groups in total. The third kappa shape index (κ3) is 4.00. The van der Waals surface area contributed by atoms with Crippen LogP contribution in [0.3, 0.4) is 0 Å². The number of carboxylic acid groups (broad SMARTS) is 1. The molecular weight excluding hydrogens is 396 g/mol. The average molecular weight is 415 g/mol. The molecule has 3 aromatic rings. The topological polar surface area (TPSA) is 97.7 Å². The van der Waals surface area contributed by atoms with Crippen LogP contribution < -0.4 is 4.90 Å². The van der Waals surface area contributed by atoms with E-state index in [0.29, 0.717) is 55.6 Å². The van der Waals surface area contributed by atoms with Crippen LogP contribution in [0.4, 0.5) is 5.95 Å². The molecule has 1 aromatic carbocycles. The van der Waals surface area contributed by atoms with E-state index in [1.54, 1.807) is 7.11 Å². The minimum atomic E-state index is -1.16. The number of halogens is 1. The van der Waals surface area contributed by atoms with Crippen LogP contribution in [-0.2, 0) is 16.1 Å². The zero-order chi connectivity index (χ0) is 20.4. The molecule has 3 heterocycles. The van der Waals surface area contributed by atoms with Crippen LogP contribution in [0.5, 0.6) is 0 Å². The van der Waals surface area contributed by atoms with Crippen molar-refractivity contribution in [1.82, 2.24) is 15.0 Å². The number of hydrogen-bond donors (Lipinski definition) is 1. The highest BCUT2D eigenvalue weighted by Crippen LogP contribution is 2.32. The van der Waals surface area contributed by atoms with Gasteiger partial charge in [0.25, 0.3) is 0 Å². The summed E-state index contributed by atoms with van der Waals surface area (Å²) < 4.78 is 10.6. The zero-order valence-electron chi connectivity index (χ0n) is 15.8. The van der Waals surface area contributed by atoms with Crippen molar-refractivity contribution in [2.24, 2.45) is 0 Å². The molecule has 9 heteroatoms. The first-order valence-corrected chi connectivity index (χ1v) is 9.47. The summed E-state index contributed by atoms with van der Waals surface area (Å²) in [7, 11) is 1.63. The molecule has 1 aliphatic heterocycles. The third-order valence-corrected chi connectivity index (χ3v) is 4.91. The van der Waals surface area contributed by atoms with E-state index < -0.39 is 5.97 Å². The number of nitrogens with zero attached hydrogens (tertiary/aromatic N) is 4. The Morgan fingerprint density at radius 1 is 1.21 bits per heavy atom. The molecule has 0 unspecified atom stereocenters. The molecule has 1 aliphatic rings. The van der Waals surface area contributed by atoms with E-state index in [1.807, 2.05) is 29.2 Å². The Bertz CT molecular complexity index is 1070. The first-order valence-electron chi connectivity index (χ1n) is 9.09. The van der Waals surface area contributed by atoms with Crippen LogP contribution in [0.2, 0.25) is 5.02 Å². The van der Waals surface area contributed by atoms with Crippen molar-refractivity contribution in [2.75, 3.05) is 38.3 Å². The number of morpholine rings is 1. The Morgan fingerprint density at radius 3 is 2.72 bits per heavy atom. The van der Waals surface area contributed by atoms with Gasteiger partial charge in [-0.15, -0.1) is 0 Å². The summed E-state index contributed by atoms with van der Waals surface area (Å²) >= 11 is 6.40. The summed E-state index contributed by atoms with van der Waals surface area (Å²) in [5, 5.41) is 9.62. The number of fused-ring (bicyclic) bond motifs is 1. The maximum atomic E-state index is 11.5. The molecule has 0 amide bonds. The lowest BCUT2D eigenvalue weighted by atomic mass is 10.1. The molecule has 0 bridgehead atoms. The number of methoxy groups -OCH3 is 1. The molecule has 0 radical (unpaired) electrons. The number of hydrogen-bond acceptors (Lipinski definition) is 7. The fourth-order valence-electron chi connectivity index (χ4n) is 3.25. The molecule has 2 aromatic heterocycles. The first kappa shape index (κ1) is 19.5. The van der Waals surface area contributed by atoms with Gasteiger partial charge in [-0.25, -0.2) is 19.7 Å². The molecule has 4 rings (SSSR count). The van der Waals surface area contributed by atoms with Gasteiger partial charge in [-0.05, 0) is 17.7 Å². The van der Waals surface area contributed by atoms with Gasteiger partial charge in [-0.1, -0.05) is 29.8 Å². The van der Waals surface area contributed by atoms with Gasteiger partial charge in [0.05, 0.1) is 24.8 Å². The summed E-state index contributed by atoms with van der Waals surface area (Å²) in [6, 6.07) is 8.99. The van der Waals surface area contributed by atoms with Crippen molar-refractivity contribution < 1.29 is 19.4 Å². The highest BCUT2D eigenvalue weighted by Gasteiger charge is 2.21. The second-order valence-electron chi connectivity index (χ2n) is 6.60. The van der Waals surface area contributed by atoms with Gasteiger partial charge in [0.2, 0.25) is 5.95 Å². The minimum absolute atomic E-state index is 0.153. The van der Waals surface area contributed by atoms with Gasteiger partial charge in [0, 0.05) is 25.8 Å². The van der Waals surface area contributed by atoms with Crippen molar-refractivity contribution in [2.45, 2.75) is 6.61 Å². The van der Waals surface area contributed by atoms with E-state index in [1.165, 1.54) is 6.07 Å². The summed E-state index contributed by atoms with van der Waals surface area (Å²) in [5.74, 6) is -0.648. The maximum absolute atomic E-state index is 11.5. The van der Waals surface area contributed by atoms with Crippen molar-refractivity contribution >= 4 is 34.6 Å². The quantitative estimate of drug-likeness (QED) is 0.680. The molecule has 0 spiro atoms. The Morgan fingerprint density at radius 2 is 2.00 bits per heavy atom. The van der Waals surface area contributed by atoms with Crippen molar-refractivity contribution in [3.05, 3.63) is 46.6 Å². The molecule has 0 saturated carbocycles. The van der Waals surface area contributed by atoms with Crippen molar-refractivity contribution in [3.8, 4) is 11.3 Å². The number of benzene rings is 1. The number of aromatic carboxylic acids is 1. The van der Waals surface area contributed by atoms with Crippen LogP contribution in [-0.4, -0.2) is 59.4 Å². The smallest absolute Gasteiger partial charge is 0.354 e. The van der Waals surface area contributed by atoms with Gasteiger partial charge in [0.15, 0.2) is 5.69 Å². The molecule has 150 valence electrons. The molecule has 0 aliphatic carbocycles. The highest BCUT2D eigenvalue weighted by atomic mass is 35.5. The number of anilines is 1. The lowest BCUT2D eigenvalue weighted by Crippen LogP contribution is -2.37. The number of aromatic nitrogens is 3. The Balaban J connectivity index is 1.95. The van der Waals surface area contributed by atoms with E-state index in [4.69, 9.17) is 26.1 Å². The van der Waals surface area contributed by atoms with Crippen molar-refractivity contribution in [3.63, 3.8) is 0 Å². The van der Waals surface area contributed by atoms with Crippen LogP contribution in [0.15, 0.2) is 30.3 Å². The average Bonchev–Trinajstić information content (AvgIpc) is 2.74. The summed E-state index contributed by atoms with van der Waals surface area (Å²) in [5.41, 5.74) is 2.89. The Labute approximate surface area is 172 Å². The summed E-state index contributed by atoms with van der Waals surface area (Å²) in [6.45, 7) is 2.94. The molecule has 8 nitrogen and oxygen atoms in total. The highest BCUT2D eigenvalue weighted by molar-refractivity contribution is 6.35.